The summed E-state index contributed by atoms with van der Waals surface area (Å²) in [5, 5.41) is 8.25. The number of hydrogen-bond donors (Lipinski definition) is 1. The van der Waals surface area contributed by atoms with Crippen LogP contribution in [0.2, 0.25) is 0 Å². The normalized spacial score (nSPS) is 11.0. The number of hydrogen-bond acceptors (Lipinski definition) is 4. The van der Waals surface area contributed by atoms with Gasteiger partial charge in [0.25, 0.3) is 0 Å². The van der Waals surface area contributed by atoms with Gasteiger partial charge in [0.2, 0.25) is 11.8 Å². The summed E-state index contributed by atoms with van der Waals surface area (Å²) >= 11 is 0. The molecule has 1 aromatic heterocycles. The van der Waals surface area contributed by atoms with Crippen LogP contribution in [-0.2, 0) is 6.42 Å². The monoisotopic (exact) mass is 293 g/mol. The van der Waals surface area contributed by atoms with Crippen LogP contribution >= 0.6 is 0 Å². The fourth-order valence-electron chi connectivity index (χ4n) is 2.26. The molecule has 0 amide bonds. The van der Waals surface area contributed by atoms with Crippen LogP contribution in [0.3, 0.4) is 0 Å². The topological polar surface area (TPSA) is 64.9 Å². The van der Waals surface area contributed by atoms with Crippen LogP contribution in [0.5, 0.6) is 0 Å². The van der Waals surface area contributed by atoms with E-state index in [9.17, 15) is 0 Å². The van der Waals surface area contributed by atoms with Gasteiger partial charge in [-0.15, -0.1) is 10.2 Å². The first-order valence-electron chi connectivity index (χ1n) is 7.39. The lowest BCUT2D eigenvalue weighted by Crippen LogP contribution is -1.90. The quantitative estimate of drug-likeness (QED) is 0.737. The van der Waals surface area contributed by atoms with Crippen molar-refractivity contribution in [1.82, 2.24) is 10.2 Å². The molecule has 0 unspecified atom stereocenters. The zero-order valence-corrected chi connectivity index (χ0v) is 12.8. The Morgan fingerprint density at radius 1 is 0.955 bits per heavy atom. The molecule has 0 bridgehead atoms. The summed E-state index contributed by atoms with van der Waals surface area (Å²) in [6.45, 7) is 4.35. The average molecular weight is 293 g/mol. The van der Waals surface area contributed by atoms with Gasteiger partial charge < -0.3 is 10.2 Å². The summed E-state index contributed by atoms with van der Waals surface area (Å²) in [5.41, 5.74) is 9.77. The van der Waals surface area contributed by atoms with E-state index in [1.165, 1.54) is 5.56 Å². The fraction of sp³-hybridized carbons (Fsp3) is 0.222. The molecule has 0 atom stereocenters. The highest BCUT2D eigenvalue weighted by molar-refractivity contribution is 5.53. The molecule has 22 heavy (non-hydrogen) atoms. The smallest absolute Gasteiger partial charge is 0.247 e. The third-order valence-electron chi connectivity index (χ3n) is 3.63. The molecule has 0 saturated carbocycles. The van der Waals surface area contributed by atoms with E-state index in [0.717, 1.165) is 16.8 Å². The highest BCUT2D eigenvalue weighted by atomic mass is 16.4. The maximum atomic E-state index is 5.75. The predicted octanol–water partition coefficient (Wildman–Crippen LogP) is 4.03. The summed E-state index contributed by atoms with van der Waals surface area (Å²) in [4.78, 5) is 0. The van der Waals surface area contributed by atoms with Crippen LogP contribution in [0.1, 0.15) is 36.8 Å². The van der Waals surface area contributed by atoms with Gasteiger partial charge in [0.15, 0.2) is 0 Å². The van der Waals surface area contributed by atoms with E-state index in [1.54, 1.807) is 0 Å². The van der Waals surface area contributed by atoms with Crippen molar-refractivity contribution in [3.8, 4) is 11.5 Å². The van der Waals surface area contributed by atoms with Crippen molar-refractivity contribution < 1.29 is 4.42 Å². The van der Waals surface area contributed by atoms with Gasteiger partial charge >= 0.3 is 0 Å². The molecular formula is C18H19N3O. The minimum Gasteiger partial charge on any atom is -0.420 e. The second-order valence-electron chi connectivity index (χ2n) is 5.70. The summed E-state index contributed by atoms with van der Waals surface area (Å²) in [6, 6.07) is 15.9. The molecule has 2 aromatic carbocycles. The van der Waals surface area contributed by atoms with Crippen LogP contribution in [0.4, 0.5) is 5.69 Å². The standard InChI is InChI=1S/C18H19N3O/c1-12(2)14-5-7-15(8-6-14)18-21-20-17(22-18)11-13-3-9-16(19)10-4-13/h3-10,12H,11,19H2,1-2H3. The van der Waals surface area contributed by atoms with E-state index in [4.69, 9.17) is 10.2 Å². The van der Waals surface area contributed by atoms with Gasteiger partial charge in [0.05, 0.1) is 6.42 Å². The van der Waals surface area contributed by atoms with E-state index in [0.29, 0.717) is 24.1 Å². The number of anilines is 1. The highest BCUT2D eigenvalue weighted by Gasteiger charge is 2.09. The summed E-state index contributed by atoms with van der Waals surface area (Å²) in [5.74, 6) is 1.67. The molecule has 0 aliphatic rings. The van der Waals surface area contributed by atoms with Crippen molar-refractivity contribution in [2.75, 3.05) is 5.73 Å². The minimum absolute atomic E-state index is 0.512. The van der Waals surface area contributed by atoms with Crippen molar-refractivity contribution in [2.45, 2.75) is 26.2 Å². The number of nitrogens with zero attached hydrogens (tertiary/aromatic N) is 2. The lowest BCUT2D eigenvalue weighted by atomic mass is 10.0. The number of nitrogens with two attached hydrogens (primary N) is 1. The number of rotatable bonds is 4. The summed E-state index contributed by atoms with van der Waals surface area (Å²) in [6.07, 6.45) is 0.608. The van der Waals surface area contributed by atoms with Gasteiger partial charge in [-0.25, -0.2) is 0 Å². The Kier molecular flexibility index (Phi) is 3.92. The molecule has 2 N–H and O–H groups in total. The predicted molar refractivity (Wildman–Crippen MR) is 87.5 cm³/mol. The Bertz CT molecular complexity index is 743. The zero-order valence-electron chi connectivity index (χ0n) is 12.8. The van der Waals surface area contributed by atoms with Gasteiger partial charge in [-0.2, -0.15) is 0 Å². The fourth-order valence-corrected chi connectivity index (χ4v) is 2.26. The minimum atomic E-state index is 0.512. The van der Waals surface area contributed by atoms with E-state index in [1.807, 2.05) is 36.4 Å². The van der Waals surface area contributed by atoms with Crippen LogP contribution in [0, 0.1) is 0 Å². The molecule has 112 valence electrons. The molecular weight excluding hydrogens is 274 g/mol. The molecule has 4 heteroatoms. The summed E-state index contributed by atoms with van der Waals surface area (Å²) in [7, 11) is 0. The van der Waals surface area contributed by atoms with Gasteiger partial charge in [-0.05, 0) is 41.3 Å². The van der Waals surface area contributed by atoms with Crippen LogP contribution in [0.15, 0.2) is 52.9 Å². The van der Waals surface area contributed by atoms with E-state index >= 15 is 0 Å². The first-order valence-corrected chi connectivity index (χ1v) is 7.39. The zero-order chi connectivity index (χ0) is 15.5. The molecule has 0 radical (unpaired) electrons. The second kappa shape index (κ2) is 6.02. The summed E-state index contributed by atoms with van der Waals surface area (Å²) < 4.78 is 5.75. The van der Waals surface area contributed by atoms with Crippen molar-refractivity contribution in [3.05, 3.63) is 65.5 Å². The SMILES string of the molecule is CC(C)c1ccc(-c2nnc(Cc3ccc(N)cc3)o2)cc1. The molecule has 0 spiro atoms. The lowest BCUT2D eigenvalue weighted by Gasteiger charge is -2.04. The molecule has 0 fully saturated rings. The van der Waals surface area contributed by atoms with Crippen LogP contribution in [0.25, 0.3) is 11.5 Å². The van der Waals surface area contributed by atoms with Crippen molar-refractivity contribution in [3.63, 3.8) is 0 Å². The molecule has 0 aliphatic carbocycles. The molecule has 3 aromatic rings. The maximum Gasteiger partial charge on any atom is 0.247 e. The Balaban J connectivity index is 1.77. The first-order chi connectivity index (χ1) is 10.6. The Morgan fingerprint density at radius 3 is 2.27 bits per heavy atom. The third kappa shape index (κ3) is 3.17. The Labute approximate surface area is 130 Å². The number of aromatic nitrogens is 2. The molecule has 3 rings (SSSR count). The largest absolute Gasteiger partial charge is 0.420 e. The molecule has 0 saturated heterocycles. The van der Waals surface area contributed by atoms with Gasteiger partial charge in [-0.3, -0.25) is 0 Å². The highest BCUT2D eigenvalue weighted by Crippen LogP contribution is 2.22. The van der Waals surface area contributed by atoms with Gasteiger partial charge in [0, 0.05) is 11.3 Å². The lowest BCUT2D eigenvalue weighted by molar-refractivity contribution is 0.518. The van der Waals surface area contributed by atoms with E-state index in [2.05, 4.69) is 36.2 Å². The second-order valence-corrected chi connectivity index (χ2v) is 5.70. The molecule has 0 aliphatic heterocycles. The van der Waals surface area contributed by atoms with E-state index < -0.39 is 0 Å². The maximum absolute atomic E-state index is 5.75. The van der Waals surface area contributed by atoms with Crippen LogP contribution in [-0.4, -0.2) is 10.2 Å². The van der Waals surface area contributed by atoms with Crippen molar-refractivity contribution >= 4 is 5.69 Å². The van der Waals surface area contributed by atoms with Crippen molar-refractivity contribution in [2.24, 2.45) is 0 Å². The Morgan fingerprint density at radius 2 is 1.64 bits per heavy atom. The number of benzene rings is 2. The number of nitrogen functional groups attached to an aromatic ring is 1. The van der Waals surface area contributed by atoms with Gasteiger partial charge in [0.1, 0.15) is 0 Å². The third-order valence-corrected chi connectivity index (χ3v) is 3.63. The van der Waals surface area contributed by atoms with Crippen molar-refractivity contribution in [1.29, 1.82) is 0 Å². The first kappa shape index (κ1) is 14.3. The molecule has 1 heterocycles. The van der Waals surface area contributed by atoms with Crippen LogP contribution < -0.4 is 5.73 Å². The molecule has 4 nitrogen and oxygen atoms in total. The van der Waals surface area contributed by atoms with E-state index in [-0.39, 0.29) is 0 Å². The Hall–Kier alpha value is -2.62. The average Bonchev–Trinajstić information content (AvgIpc) is 2.98. The van der Waals surface area contributed by atoms with Gasteiger partial charge in [-0.1, -0.05) is 38.1 Å².